The summed E-state index contributed by atoms with van der Waals surface area (Å²) in [7, 11) is 0. The molecule has 2 saturated heterocycles. The van der Waals surface area contributed by atoms with Gasteiger partial charge >= 0.3 is 17.9 Å². The molecule has 2 aliphatic heterocycles. The molecule has 2 fully saturated rings. The van der Waals surface area contributed by atoms with Gasteiger partial charge in [-0.25, -0.2) is 0 Å². The third kappa shape index (κ3) is 6.73. The number of hydrogen-bond acceptors (Lipinski definition) is 10. The van der Waals surface area contributed by atoms with Gasteiger partial charge in [0.2, 0.25) is 12.4 Å². The van der Waals surface area contributed by atoms with Crippen molar-refractivity contribution in [2.24, 2.45) is 0 Å². The van der Waals surface area contributed by atoms with Crippen molar-refractivity contribution in [3.63, 3.8) is 0 Å². The van der Waals surface area contributed by atoms with Crippen molar-refractivity contribution in [2.45, 2.75) is 83.8 Å². The fraction of sp³-hybridized carbons (Fsp3) is 0.609. The summed E-state index contributed by atoms with van der Waals surface area (Å²) in [6, 6.07) is 9.37. The number of carbonyl (C=O) groups excluding carboxylic acids is 3. The van der Waals surface area contributed by atoms with Crippen LogP contribution in [0.15, 0.2) is 30.3 Å². The van der Waals surface area contributed by atoms with E-state index in [0.717, 1.165) is 5.56 Å². The van der Waals surface area contributed by atoms with Gasteiger partial charge in [-0.2, -0.15) is 0 Å². The third-order valence-corrected chi connectivity index (χ3v) is 5.10. The van der Waals surface area contributed by atoms with E-state index < -0.39 is 60.5 Å². The van der Waals surface area contributed by atoms with Gasteiger partial charge in [0.1, 0.15) is 18.3 Å². The summed E-state index contributed by atoms with van der Waals surface area (Å²) >= 11 is 0. The van der Waals surface area contributed by atoms with Crippen LogP contribution in [0.5, 0.6) is 0 Å². The first-order valence-electron chi connectivity index (χ1n) is 10.7. The van der Waals surface area contributed by atoms with Crippen molar-refractivity contribution >= 4 is 17.9 Å². The largest absolute Gasteiger partial charge is 0.455 e. The summed E-state index contributed by atoms with van der Waals surface area (Å²) in [6.45, 7) is 7.45. The van der Waals surface area contributed by atoms with E-state index in [1.54, 1.807) is 13.8 Å². The Morgan fingerprint density at radius 2 is 1.52 bits per heavy atom. The second-order valence-corrected chi connectivity index (χ2v) is 8.35. The van der Waals surface area contributed by atoms with Gasteiger partial charge in [0.25, 0.3) is 0 Å². The molecule has 0 bridgehead atoms. The molecule has 1 aromatic carbocycles. The van der Waals surface area contributed by atoms with E-state index in [0.29, 0.717) is 0 Å². The summed E-state index contributed by atoms with van der Waals surface area (Å²) in [6.07, 6.45) is -6.14. The summed E-state index contributed by atoms with van der Waals surface area (Å²) in [5, 5.41) is 0. The Morgan fingerprint density at radius 1 is 0.909 bits per heavy atom. The topological polar surface area (TPSA) is 116 Å². The predicted molar refractivity (Wildman–Crippen MR) is 111 cm³/mol. The van der Waals surface area contributed by atoms with E-state index in [2.05, 4.69) is 0 Å². The molecule has 0 radical (unpaired) electrons. The molecule has 3 rings (SSSR count). The SMILES string of the molecule is CC(=O)OC1C(OC(C)=O)[C@H](OCc2ccccc2)C([C@@H]2COC(C)(C)O2)O[C@H]1OC(C)=O. The summed E-state index contributed by atoms with van der Waals surface area (Å²) in [5.74, 6) is -2.83. The molecule has 1 aromatic rings. The Morgan fingerprint density at radius 3 is 2.06 bits per heavy atom. The lowest BCUT2D eigenvalue weighted by atomic mass is 9.94. The van der Waals surface area contributed by atoms with Crippen molar-refractivity contribution in [1.82, 2.24) is 0 Å². The van der Waals surface area contributed by atoms with E-state index in [9.17, 15) is 14.4 Å². The van der Waals surface area contributed by atoms with Crippen molar-refractivity contribution in [3.8, 4) is 0 Å². The van der Waals surface area contributed by atoms with Crippen LogP contribution >= 0.6 is 0 Å². The zero-order chi connectivity index (χ0) is 24.2. The normalized spacial score (nSPS) is 30.9. The molecular formula is C23H30O10. The van der Waals surface area contributed by atoms with Crippen LogP contribution in [-0.2, 0) is 54.1 Å². The average Bonchev–Trinajstić information content (AvgIpc) is 3.08. The molecule has 2 aliphatic rings. The smallest absolute Gasteiger partial charge is 0.305 e. The third-order valence-electron chi connectivity index (χ3n) is 5.10. The Hall–Kier alpha value is -2.53. The van der Waals surface area contributed by atoms with Gasteiger partial charge in [-0.3, -0.25) is 14.4 Å². The number of rotatable bonds is 7. The van der Waals surface area contributed by atoms with Crippen LogP contribution < -0.4 is 0 Å². The monoisotopic (exact) mass is 466 g/mol. The number of benzene rings is 1. The quantitative estimate of drug-likeness (QED) is 0.436. The van der Waals surface area contributed by atoms with Gasteiger partial charge in [0.15, 0.2) is 11.9 Å². The molecule has 3 unspecified atom stereocenters. The number of esters is 3. The molecule has 10 nitrogen and oxygen atoms in total. The van der Waals surface area contributed by atoms with Crippen LogP contribution in [0, 0.1) is 0 Å². The van der Waals surface area contributed by atoms with E-state index >= 15 is 0 Å². The maximum atomic E-state index is 12.0. The molecule has 0 saturated carbocycles. The molecule has 182 valence electrons. The minimum absolute atomic E-state index is 0.158. The van der Waals surface area contributed by atoms with Gasteiger partial charge < -0.3 is 33.2 Å². The average molecular weight is 466 g/mol. The van der Waals surface area contributed by atoms with Crippen molar-refractivity contribution in [2.75, 3.05) is 6.61 Å². The van der Waals surface area contributed by atoms with Gasteiger partial charge in [0.05, 0.1) is 13.2 Å². The molecule has 0 N–H and O–H groups in total. The fourth-order valence-electron chi connectivity index (χ4n) is 3.87. The van der Waals surface area contributed by atoms with E-state index in [-0.39, 0.29) is 13.2 Å². The molecule has 33 heavy (non-hydrogen) atoms. The Kier molecular flexibility index (Phi) is 8.06. The Bertz CT molecular complexity index is 839. The lowest BCUT2D eigenvalue weighted by Gasteiger charge is -2.45. The molecule has 0 amide bonds. The molecule has 10 heteroatoms. The van der Waals surface area contributed by atoms with Crippen LogP contribution in [0.3, 0.4) is 0 Å². The highest BCUT2D eigenvalue weighted by molar-refractivity contribution is 5.68. The molecule has 0 spiro atoms. The number of carbonyl (C=O) groups is 3. The highest BCUT2D eigenvalue weighted by atomic mass is 16.8. The lowest BCUT2D eigenvalue weighted by Crippen LogP contribution is -2.64. The van der Waals surface area contributed by atoms with E-state index in [4.69, 9.17) is 33.2 Å². The molecular weight excluding hydrogens is 436 g/mol. The Balaban J connectivity index is 1.96. The van der Waals surface area contributed by atoms with Crippen LogP contribution in [0.25, 0.3) is 0 Å². The fourth-order valence-corrected chi connectivity index (χ4v) is 3.87. The predicted octanol–water partition coefficient (Wildman–Crippen LogP) is 1.87. The van der Waals surface area contributed by atoms with Crippen LogP contribution in [0.1, 0.15) is 40.2 Å². The van der Waals surface area contributed by atoms with Crippen LogP contribution in [0.2, 0.25) is 0 Å². The molecule has 6 atom stereocenters. The second kappa shape index (κ2) is 10.6. The van der Waals surface area contributed by atoms with Crippen molar-refractivity contribution in [1.29, 1.82) is 0 Å². The zero-order valence-corrected chi connectivity index (χ0v) is 19.3. The minimum atomic E-state index is -1.34. The van der Waals surface area contributed by atoms with Gasteiger partial charge in [0, 0.05) is 20.8 Å². The first-order valence-corrected chi connectivity index (χ1v) is 10.7. The minimum Gasteiger partial charge on any atom is -0.455 e. The zero-order valence-electron chi connectivity index (χ0n) is 19.3. The highest BCUT2D eigenvalue weighted by Gasteiger charge is 2.56. The molecule has 0 aliphatic carbocycles. The Labute approximate surface area is 192 Å². The van der Waals surface area contributed by atoms with Crippen LogP contribution in [0.4, 0.5) is 0 Å². The van der Waals surface area contributed by atoms with E-state index in [1.165, 1.54) is 20.8 Å². The molecule has 2 heterocycles. The van der Waals surface area contributed by atoms with Gasteiger partial charge in [-0.05, 0) is 19.4 Å². The standard InChI is InChI=1S/C23H30O10/c1-13(24)29-20-19(27-11-16-9-7-6-8-10-16)18(17-12-28-23(4,5)33-17)32-22(31-15(3)26)21(20)30-14(2)25/h6-10,17-22H,11-12H2,1-5H3/t17-,18?,19+,20?,21?,22+/m0/s1. The van der Waals surface area contributed by atoms with Crippen molar-refractivity contribution < 1.29 is 47.5 Å². The van der Waals surface area contributed by atoms with Crippen LogP contribution in [-0.4, -0.2) is 67.1 Å². The van der Waals surface area contributed by atoms with E-state index in [1.807, 2.05) is 30.3 Å². The lowest BCUT2D eigenvalue weighted by molar-refractivity contribution is -0.315. The second-order valence-electron chi connectivity index (χ2n) is 8.35. The van der Waals surface area contributed by atoms with Gasteiger partial charge in [-0.15, -0.1) is 0 Å². The van der Waals surface area contributed by atoms with Gasteiger partial charge in [-0.1, -0.05) is 30.3 Å². The first kappa shape index (κ1) is 25.1. The number of hydrogen-bond donors (Lipinski definition) is 0. The summed E-state index contributed by atoms with van der Waals surface area (Å²) in [5.41, 5.74) is 0.868. The first-order chi connectivity index (χ1) is 15.6. The number of ether oxygens (including phenoxy) is 7. The summed E-state index contributed by atoms with van der Waals surface area (Å²) < 4.78 is 40.1. The highest BCUT2D eigenvalue weighted by Crippen LogP contribution is 2.36. The maximum Gasteiger partial charge on any atom is 0.305 e. The maximum absolute atomic E-state index is 12.0. The summed E-state index contributed by atoms with van der Waals surface area (Å²) in [4.78, 5) is 35.6. The van der Waals surface area contributed by atoms with Crippen molar-refractivity contribution in [3.05, 3.63) is 35.9 Å². The molecule has 0 aromatic heterocycles.